The Hall–Kier alpha value is -3.37. The fourth-order valence-corrected chi connectivity index (χ4v) is 5.98. The first-order chi connectivity index (χ1) is 15.8. The minimum atomic E-state index is -2.64. The number of ketones is 2. The number of Topliss-reactive ketones (excluding diaryl/α,β-unsaturated/α-hetero) is 2. The smallest absolute Gasteiger partial charge is 0.255 e. The lowest BCUT2D eigenvalue weighted by Gasteiger charge is -2.51. The van der Waals surface area contributed by atoms with E-state index < -0.39 is 58.0 Å². The molecule has 34 heavy (non-hydrogen) atoms. The van der Waals surface area contributed by atoms with Crippen LogP contribution in [0.5, 0.6) is 5.75 Å². The van der Waals surface area contributed by atoms with Crippen LogP contribution in [0.15, 0.2) is 29.0 Å². The molecule has 1 fully saturated rings. The fourth-order valence-electron chi connectivity index (χ4n) is 5.98. The molecule has 3 aliphatic rings. The minimum Gasteiger partial charge on any atom is -0.508 e. The van der Waals surface area contributed by atoms with Gasteiger partial charge in [0, 0.05) is 31.3 Å². The number of phenols is 1. The fraction of sp³-hybridized carbons (Fsp3) is 0.458. The Morgan fingerprint density at radius 1 is 1.12 bits per heavy atom. The Bertz CT molecular complexity index is 1200. The number of carbonyl (C=O) groups excluding carboxylic acids is 3. The third-order valence-electron chi connectivity index (χ3n) is 7.54. The second-order valence-electron chi connectivity index (χ2n) is 9.74. The molecule has 1 amide bonds. The molecule has 1 aromatic rings. The molecule has 0 radical (unpaired) electrons. The number of rotatable bonds is 3. The number of nitrogens with two attached hydrogens (primary N) is 1. The number of hydrogen-bond donors (Lipinski definition) is 5. The van der Waals surface area contributed by atoms with E-state index in [2.05, 4.69) is 0 Å². The zero-order chi connectivity index (χ0) is 25.4. The van der Waals surface area contributed by atoms with Crippen LogP contribution in [0.3, 0.4) is 0 Å². The Morgan fingerprint density at radius 3 is 2.26 bits per heavy atom. The summed E-state index contributed by atoms with van der Waals surface area (Å²) in [4.78, 5) is 42.3. The number of nitrogens with zero attached hydrogens (tertiary/aromatic N) is 2. The lowest BCUT2D eigenvalue weighted by Crippen LogP contribution is -2.66. The predicted octanol–water partition coefficient (Wildman–Crippen LogP) is 0.591. The standard InChI is InChI=1S/C24H29N3O7/c1-9-10-8-11-18(27(4)5)20(30)17(23(25)33)22(32)24(11,34)21(31)15(10)19(29)16-13(28)7-6-12(14(9)16)26(2)3/h6-7,9-11,18,28-29,32,34H,8H2,1-5H3,(H2,25,33)/t9-,10-,11+,18+,24+/m1/s1. The van der Waals surface area contributed by atoms with E-state index in [-0.39, 0.29) is 29.2 Å². The first-order valence-corrected chi connectivity index (χ1v) is 10.9. The van der Waals surface area contributed by atoms with Crippen molar-refractivity contribution in [3.05, 3.63) is 40.2 Å². The van der Waals surface area contributed by atoms with E-state index >= 15 is 0 Å². The van der Waals surface area contributed by atoms with Gasteiger partial charge in [0.2, 0.25) is 5.78 Å². The molecule has 0 saturated heterocycles. The monoisotopic (exact) mass is 471 g/mol. The summed E-state index contributed by atoms with van der Waals surface area (Å²) in [6.45, 7) is 1.85. The Labute approximate surface area is 196 Å². The zero-order valence-corrected chi connectivity index (χ0v) is 19.7. The molecule has 3 aliphatic carbocycles. The third kappa shape index (κ3) is 2.85. The maximum Gasteiger partial charge on any atom is 0.255 e. The molecule has 0 unspecified atom stereocenters. The van der Waals surface area contributed by atoms with Crippen molar-refractivity contribution in [3.63, 3.8) is 0 Å². The van der Waals surface area contributed by atoms with Crippen LogP contribution in [0.25, 0.3) is 5.76 Å². The van der Waals surface area contributed by atoms with Crippen molar-refractivity contribution in [2.24, 2.45) is 17.6 Å². The molecule has 10 nitrogen and oxygen atoms in total. The van der Waals surface area contributed by atoms with Crippen LogP contribution in [-0.4, -0.2) is 82.6 Å². The Morgan fingerprint density at radius 2 is 1.74 bits per heavy atom. The van der Waals surface area contributed by atoms with E-state index in [0.29, 0.717) is 5.56 Å². The van der Waals surface area contributed by atoms with E-state index in [9.17, 15) is 34.8 Å². The van der Waals surface area contributed by atoms with Crippen molar-refractivity contribution in [1.82, 2.24) is 4.90 Å². The van der Waals surface area contributed by atoms with Crippen molar-refractivity contribution in [2.45, 2.75) is 30.9 Å². The summed E-state index contributed by atoms with van der Waals surface area (Å²) in [5, 5.41) is 44.3. The normalized spacial score (nSPS) is 30.8. The van der Waals surface area contributed by atoms with Crippen LogP contribution in [0.4, 0.5) is 5.69 Å². The Balaban J connectivity index is 2.03. The van der Waals surface area contributed by atoms with Crippen LogP contribution in [-0.2, 0) is 14.4 Å². The van der Waals surface area contributed by atoms with Gasteiger partial charge in [0.05, 0.1) is 11.6 Å². The van der Waals surface area contributed by atoms with Gasteiger partial charge in [-0.15, -0.1) is 0 Å². The second kappa shape index (κ2) is 7.57. The lowest BCUT2D eigenvalue weighted by atomic mass is 9.55. The number of anilines is 1. The molecule has 1 aromatic carbocycles. The third-order valence-corrected chi connectivity index (χ3v) is 7.54. The van der Waals surface area contributed by atoms with Gasteiger partial charge >= 0.3 is 0 Å². The van der Waals surface area contributed by atoms with Crippen molar-refractivity contribution in [3.8, 4) is 5.75 Å². The van der Waals surface area contributed by atoms with E-state index in [0.717, 1.165) is 5.69 Å². The molecular formula is C24H29N3O7. The lowest BCUT2D eigenvalue weighted by molar-refractivity contribution is -0.154. The molecule has 5 atom stereocenters. The van der Waals surface area contributed by atoms with Gasteiger partial charge in [0.1, 0.15) is 22.8 Å². The second-order valence-corrected chi connectivity index (χ2v) is 9.74. The number of primary amides is 1. The molecule has 10 heteroatoms. The molecule has 0 aliphatic heterocycles. The first kappa shape index (κ1) is 23.8. The molecule has 0 bridgehead atoms. The number of phenolic OH excluding ortho intramolecular Hbond substituents is 1. The van der Waals surface area contributed by atoms with E-state index in [1.807, 2.05) is 25.9 Å². The molecule has 0 aromatic heterocycles. The van der Waals surface area contributed by atoms with Gasteiger partial charge in [-0.3, -0.25) is 19.3 Å². The van der Waals surface area contributed by atoms with Gasteiger partial charge in [0.25, 0.3) is 5.91 Å². The van der Waals surface area contributed by atoms with Crippen LogP contribution >= 0.6 is 0 Å². The summed E-state index contributed by atoms with van der Waals surface area (Å²) in [7, 11) is 6.77. The summed E-state index contributed by atoms with van der Waals surface area (Å²) in [6, 6.07) is 2.01. The molecular weight excluding hydrogens is 442 g/mol. The molecule has 1 saturated carbocycles. The Kier molecular flexibility index (Phi) is 5.30. The number of aliphatic hydroxyl groups is 3. The van der Waals surface area contributed by atoms with Crippen molar-refractivity contribution >= 4 is 28.9 Å². The van der Waals surface area contributed by atoms with Gasteiger partial charge in [-0.25, -0.2) is 0 Å². The topological polar surface area (TPSA) is 165 Å². The maximum absolute atomic E-state index is 13.8. The first-order valence-electron chi connectivity index (χ1n) is 10.9. The summed E-state index contributed by atoms with van der Waals surface area (Å²) in [5.74, 6) is -6.99. The summed E-state index contributed by atoms with van der Waals surface area (Å²) in [5.41, 5.74) is 3.15. The van der Waals surface area contributed by atoms with Crippen molar-refractivity contribution in [2.75, 3.05) is 33.1 Å². The highest BCUT2D eigenvalue weighted by Crippen LogP contribution is 2.57. The van der Waals surface area contributed by atoms with E-state index in [4.69, 9.17) is 5.73 Å². The zero-order valence-electron chi connectivity index (χ0n) is 19.7. The van der Waals surface area contributed by atoms with Crippen LogP contribution < -0.4 is 10.6 Å². The summed E-state index contributed by atoms with van der Waals surface area (Å²) < 4.78 is 0. The summed E-state index contributed by atoms with van der Waals surface area (Å²) >= 11 is 0. The highest BCUT2D eigenvalue weighted by molar-refractivity contribution is 6.24. The SMILES string of the molecule is C[C@H]1c2c(N(C)C)ccc(O)c2C(O)=C2C(=O)[C@]3(O)C(O)=C(C(N)=O)C(=O)[C@@H](N(C)C)[C@@H]3C[C@@H]21. The average Bonchev–Trinajstić information content (AvgIpc) is 2.73. The minimum absolute atomic E-state index is 0.0510. The number of amides is 1. The number of likely N-dealkylation sites (N-methyl/N-ethyl adjacent to an activating group) is 1. The van der Waals surface area contributed by atoms with E-state index in [1.54, 1.807) is 20.2 Å². The number of carbonyl (C=O) groups is 3. The average molecular weight is 472 g/mol. The maximum atomic E-state index is 13.8. The number of fused-ring (bicyclic) bond motifs is 3. The quantitative estimate of drug-likeness (QED) is 0.397. The summed E-state index contributed by atoms with van der Waals surface area (Å²) in [6.07, 6.45) is 0.0510. The highest BCUT2D eigenvalue weighted by Gasteiger charge is 2.64. The molecule has 0 spiro atoms. The van der Waals surface area contributed by atoms with Crippen molar-refractivity contribution in [1.29, 1.82) is 0 Å². The van der Waals surface area contributed by atoms with Crippen LogP contribution in [0, 0.1) is 11.8 Å². The molecule has 182 valence electrons. The van der Waals surface area contributed by atoms with Gasteiger partial charge in [-0.2, -0.15) is 0 Å². The van der Waals surface area contributed by atoms with Gasteiger partial charge in [-0.1, -0.05) is 6.92 Å². The van der Waals surface area contributed by atoms with Crippen molar-refractivity contribution < 1.29 is 34.8 Å². The molecule has 4 rings (SSSR count). The molecule has 0 heterocycles. The van der Waals surface area contributed by atoms with Crippen LogP contribution in [0.2, 0.25) is 0 Å². The number of aromatic hydroxyl groups is 1. The highest BCUT2D eigenvalue weighted by atomic mass is 16.3. The van der Waals surface area contributed by atoms with Crippen LogP contribution in [0.1, 0.15) is 30.4 Å². The van der Waals surface area contributed by atoms with Gasteiger partial charge in [0.15, 0.2) is 11.4 Å². The number of aliphatic hydroxyl groups excluding tert-OH is 2. The van der Waals surface area contributed by atoms with E-state index in [1.165, 1.54) is 11.0 Å². The van der Waals surface area contributed by atoms with Gasteiger partial charge < -0.3 is 31.1 Å². The largest absolute Gasteiger partial charge is 0.508 e. The van der Waals surface area contributed by atoms with Gasteiger partial charge in [-0.05, 0) is 50.0 Å². The molecule has 6 N–H and O–H groups in total. The number of benzene rings is 1. The predicted molar refractivity (Wildman–Crippen MR) is 123 cm³/mol. The number of hydrogen-bond acceptors (Lipinski definition) is 9.